The number of pyridine rings is 1. The molecule has 0 aliphatic heterocycles. The summed E-state index contributed by atoms with van der Waals surface area (Å²) in [5.41, 5.74) is 5.77. The molecule has 0 saturated carbocycles. The minimum absolute atomic E-state index is 0.161. The van der Waals surface area contributed by atoms with Crippen molar-refractivity contribution in [2.75, 3.05) is 25.0 Å². The Morgan fingerprint density at radius 3 is 2.89 bits per heavy atom. The average Bonchev–Trinajstić information content (AvgIpc) is 2.35. The molecule has 0 saturated heterocycles. The standard InChI is InChI=1S/C14H25N3O/c1-4-10-18-12-6-5-9-16-13(12)17-11-14(2,3)7-8-15/h5-6,9H,4,7-8,10-11,15H2,1-3H3,(H,16,17). The van der Waals surface area contributed by atoms with E-state index in [1.807, 2.05) is 12.1 Å². The second-order valence-corrected chi connectivity index (χ2v) is 5.26. The van der Waals surface area contributed by atoms with E-state index < -0.39 is 0 Å². The Morgan fingerprint density at radius 2 is 2.22 bits per heavy atom. The predicted molar refractivity (Wildman–Crippen MR) is 76.0 cm³/mol. The highest BCUT2D eigenvalue weighted by Gasteiger charge is 2.17. The summed E-state index contributed by atoms with van der Waals surface area (Å²) in [6.45, 7) is 8.74. The van der Waals surface area contributed by atoms with Crippen LogP contribution in [0.2, 0.25) is 0 Å². The number of anilines is 1. The van der Waals surface area contributed by atoms with Gasteiger partial charge in [-0.25, -0.2) is 4.98 Å². The van der Waals surface area contributed by atoms with Crippen molar-refractivity contribution in [3.8, 4) is 5.75 Å². The fourth-order valence-electron chi connectivity index (χ4n) is 1.65. The molecule has 4 nitrogen and oxygen atoms in total. The highest BCUT2D eigenvalue weighted by molar-refractivity contribution is 5.49. The lowest BCUT2D eigenvalue weighted by Crippen LogP contribution is -2.26. The number of hydrogen-bond donors (Lipinski definition) is 2. The van der Waals surface area contributed by atoms with Crippen molar-refractivity contribution in [1.82, 2.24) is 4.98 Å². The monoisotopic (exact) mass is 251 g/mol. The lowest BCUT2D eigenvalue weighted by Gasteiger charge is -2.25. The molecular weight excluding hydrogens is 226 g/mol. The Bertz CT molecular complexity index is 353. The molecular formula is C14H25N3O. The van der Waals surface area contributed by atoms with E-state index in [2.05, 4.69) is 31.1 Å². The number of nitrogens with zero attached hydrogens (tertiary/aromatic N) is 1. The Morgan fingerprint density at radius 1 is 1.44 bits per heavy atom. The molecule has 0 aliphatic rings. The van der Waals surface area contributed by atoms with Gasteiger partial charge in [-0.15, -0.1) is 0 Å². The van der Waals surface area contributed by atoms with Gasteiger partial charge in [0.15, 0.2) is 11.6 Å². The van der Waals surface area contributed by atoms with Gasteiger partial charge in [0.2, 0.25) is 0 Å². The van der Waals surface area contributed by atoms with Crippen LogP contribution in [0.5, 0.6) is 5.75 Å². The van der Waals surface area contributed by atoms with Gasteiger partial charge in [0.25, 0.3) is 0 Å². The molecule has 0 fully saturated rings. The van der Waals surface area contributed by atoms with Crippen LogP contribution in [0.1, 0.15) is 33.6 Å². The molecule has 3 N–H and O–H groups in total. The molecule has 0 bridgehead atoms. The van der Waals surface area contributed by atoms with E-state index >= 15 is 0 Å². The van der Waals surface area contributed by atoms with Crippen LogP contribution < -0.4 is 15.8 Å². The third-order valence-corrected chi connectivity index (χ3v) is 2.79. The zero-order valence-corrected chi connectivity index (χ0v) is 11.7. The molecule has 0 aromatic carbocycles. The van der Waals surface area contributed by atoms with Gasteiger partial charge in [0.05, 0.1) is 6.61 Å². The van der Waals surface area contributed by atoms with Crippen molar-refractivity contribution in [3.05, 3.63) is 18.3 Å². The second kappa shape index (κ2) is 7.21. The number of rotatable bonds is 8. The summed E-state index contributed by atoms with van der Waals surface area (Å²) in [4.78, 5) is 4.33. The summed E-state index contributed by atoms with van der Waals surface area (Å²) in [6, 6.07) is 3.84. The molecule has 102 valence electrons. The van der Waals surface area contributed by atoms with Gasteiger partial charge in [-0.1, -0.05) is 20.8 Å². The van der Waals surface area contributed by atoms with Crippen LogP contribution in [0, 0.1) is 5.41 Å². The number of aromatic nitrogens is 1. The Labute approximate surface area is 110 Å². The first-order valence-corrected chi connectivity index (χ1v) is 6.61. The van der Waals surface area contributed by atoms with Gasteiger partial charge < -0.3 is 15.8 Å². The summed E-state index contributed by atoms with van der Waals surface area (Å²) >= 11 is 0. The third kappa shape index (κ3) is 4.92. The van der Waals surface area contributed by atoms with Crippen molar-refractivity contribution in [2.24, 2.45) is 11.1 Å². The Balaban J connectivity index is 2.60. The lowest BCUT2D eigenvalue weighted by molar-refractivity contribution is 0.316. The van der Waals surface area contributed by atoms with E-state index in [0.29, 0.717) is 13.2 Å². The van der Waals surface area contributed by atoms with Crippen molar-refractivity contribution >= 4 is 5.82 Å². The van der Waals surface area contributed by atoms with E-state index in [1.54, 1.807) is 6.20 Å². The fourth-order valence-corrected chi connectivity index (χ4v) is 1.65. The summed E-state index contributed by atoms with van der Waals surface area (Å²) < 4.78 is 5.66. The van der Waals surface area contributed by atoms with Crippen LogP contribution in [0.4, 0.5) is 5.82 Å². The normalized spacial score (nSPS) is 11.3. The summed E-state index contributed by atoms with van der Waals surface area (Å²) in [7, 11) is 0. The predicted octanol–water partition coefficient (Wildman–Crippen LogP) is 2.66. The average molecular weight is 251 g/mol. The molecule has 0 amide bonds. The minimum atomic E-state index is 0.161. The van der Waals surface area contributed by atoms with Crippen LogP contribution in [-0.2, 0) is 0 Å². The SMILES string of the molecule is CCCOc1cccnc1NCC(C)(C)CCN. The van der Waals surface area contributed by atoms with Crippen LogP contribution in [0.15, 0.2) is 18.3 Å². The highest BCUT2D eigenvalue weighted by Crippen LogP contribution is 2.24. The van der Waals surface area contributed by atoms with E-state index in [1.165, 1.54) is 0 Å². The molecule has 1 aromatic heterocycles. The topological polar surface area (TPSA) is 60.2 Å². The molecule has 1 heterocycles. The van der Waals surface area contributed by atoms with Gasteiger partial charge in [-0.3, -0.25) is 0 Å². The van der Waals surface area contributed by atoms with Gasteiger partial charge in [0, 0.05) is 12.7 Å². The number of hydrogen-bond acceptors (Lipinski definition) is 4. The molecule has 0 aliphatic carbocycles. The first-order valence-electron chi connectivity index (χ1n) is 6.61. The maximum absolute atomic E-state index is 5.66. The van der Waals surface area contributed by atoms with Gasteiger partial charge in [0.1, 0.15) is 0 Å². The molecule has 1 aromatic rings. The number of nitrogens with one attached hydrogen (secondary N) is 1. The van der Waals surface area contributed by atoms with E-state index in [4.69, 9.17) is 10.5 Å². The lowest BCUT2D eigenvalue weighted by atomic mass is 9.89. The maximum atomic E-state index is 5.66. The largest absolute Gasteiger partial charge is 0.490 e. The molecule has 4 heteroatoms. The van der Waals surface area contributed by atoms with Gasteiger partial charge in [-0.2, -0.15) is 0 Å². The van der Waals surface area contributed by atoms with Crippen LogP contribution in [0.25, 0.3) is 0 Å². The van der Waals surface area contributed by atoms with Crippen molar-refractivity contribution < 1.29 is 4.74 Å². The Kier molecular flexibility index (Phi) is 5.92. The van der Waals surface area contributed by atoms with Gasteiger partial charge in [-0.05, 0) is 36.9 Å². The minimum Gasteiger partial charge on any atom is -0.490 e. The summed E-state index contributed by atoms with van der Waals surface area (Å²) in [5.74, 6) is 1.64. The highest BCUT2D eigenvalue weighted by atomic mass is 16.5. The first kappa shape index (κ1) is 14.8. The van der Waals surface area contributed by atoms with Crippen molar-refractivity contribution in [3.63, 3.8) is 0 Å². The molecule has 0 spiro atoms. The Hall–Kier alpha value is -1.29. The first-order chi connectivity index (χ1) is 8.59. The summed E-state index contributed by atoms with van der Waals surface area (Å²) in [6.07, 6.45) is 3.75. The molecule has 1 rings (SSSR count). The number of nitrogens with two attached hydrogens (primary N) is 1. The molecule has 0 unspecified atom stereocenters. The fraction of sp³-hybridized carbons (Fsp3) is 0.643. The van der Waals surface area contributed by atoms with Crippen LogP contribution in [0.3, 0.4) is 0 Å². The second-order valence-electron chi connectivity index (χ2n) is 5.26. The zero-order valence-electron chi connectivity index (χ0n) is 11.7. The smallest absolute Gasteiger partial charge is 0.168 e. The van der Waals surface area contributed by atoms with E-state index in [9.17, 15) is 0 Å². The molecule has 0 radical (unpaired) electrons. The van der Waals surface area contributed by atoms with Crippen LogP contribution >= 0.6 is 0 Å². The van der Waals surface area contributed by atoms with Crippen molar-refractivity contribution in [1.29, 1.82) is 0 Å². The van der Waals surface area contributed by atoms with Gasteiger partial charge >= 0.3 is 0 Å². The maximum Gasteiger partial charge on any atom is 0.168 e. The molecule has 18 heavy (non-hydrogen) atoms. The molecule has 0 atom stereocenters. The van der Waals surface area contributed by atoms with E-state index in [-0.39, 0.29) is 5.41 Å². The quantitative estimate of drug-likeness (QED) is 0.745. The zero-order chi connectivity index (χ0) is 13.4. The van der Waals surface area contributed by atoms with Crippen molar-refractivity contribution in [2.45, 2.75) is 33.6 Å². The van der Waals surface area contributed by atoms with E-state index in [0.717, 1.165) is 31.0 Å². The number of ether oxygens (including phenoxy) is 1. The third-order valence-electron chi connectivity index (χ3n) is 2.79. The summed E-state index contributed by atoms with van der Waals surface area (Å²) in [5, 5.41) is 3.36. The van der Waals surface area contributed by atoms with Crippen LogP contribution in [-0.4, -0.2) is 24.7 Å².